The quantitative estimate of drug-likeness (QED) is 0.104. The summed E-state index contributed by atoms with van der Waals surface area (Å²) in [6.07, 6.45) is 7.59. The third-order valence-corrected chi connectivity index (χ3v) is 10.2. The van der Waals surface area contributed by atoms with Crippen molar-refractivity contribution in [2.45, 2.75) is 63.6 Å². The summed E-state index contributed by atoms with van der Waals surface area (Å²) in [4.78, 5) is 2.43. The molecule has 0 spiro atoms. The Morgan fingerprint density at radius 2 is 1.24 bits per heavy atom. The largest absolute Gasteiger partial charge is 0.393 e. The van der Waals surface area contributed by atoms with Gasteiger partial charge in [0.25, 0.3) is 0 Å². The molecule has 6 rings (SSSR count). The lowest BCUT2D eigenvalue weighted by atomic mass is 10.1. The fourth-order valence-corrected chi connectivity index (χ4v) is 7.07. The first-order chi connectivity index (χ1) is 22.1. The molecular weight excluding hydrogens is 624 g/mol. The monoisotopic (exact) mass is 674 g/mol. The molecule has 0 unspecified atom stereocenters. The number of nitrogens with one attached hydrogen (secondary N) is 1. The number of rotatable bonds is 13. The molecule has 0 bridgehead atoms. The fraction of sp³-hybridized carbons (Fsp3) is 0.556. The second kappa shape index (κ2) is 21.3. The summed E-state index contributed by atoms with van der Waals surface area (Å²) in [6.45, 7) is 8.31. The third-order valence-electron chi connectivity index (χ3n) is 8.15. The van der Waals surface area contributed by atoms with Crippen LogP contribution in [-0.2, 0) is 22.3 Å². The number of hydrogen-bond acceptors (Lipinski definition) is 8. The molecule has 2 aliphatic rings. The Bertz CT molecular complexity index is 1330. The van der Waals surface area contributed by atoms with Crippen molar-refractivity contribution >= 4 is 54.4 Å². The third kappa shape index (κ3) is 14.0. The van der Waals surface area contributed by atoms with Crippen molar-refractivity contribution in [3.05, 3.63) is 70.4 Å². The topological polar surface area (TPSA) is 74.2 Å². The molecule has 0 saturated carbocycles. The maximum Gasteiger partial charge on any atom is 0.0564 e. The number of fused-ring (bicyclic) bond motifs is 2. The molecule has 0 atom stereocenters. The van der Waals surface area contributed by atoms with Crippen LogP contribution in [0.25, 0.3) is 20.2 Å². The van der Waals surface area contributed by atoms with E-state index in [1.165, 1.54) is 31.3 Å². The van der Waals surface area contributed by atoms with Crippen molar-refractivity contribution in [1.82, 2.24) is 10.2 Å². The van der Waals surface area contributed by atoms with Crippen LogP contribution in [-0.4, -0.2) is 92.4 Å². The number of thiophene rings is 2. The molecule has 45 heavy (non-hydrogen) atoms. The summed E-state index contributed by atoms with van der Waals surface area (Å²) < 4.78 is 14.0. The summed E-state index contributed by atoms with van der Waals surface area (Å²) in [5.41, 5.74) is 2.70. The average molecular weight is 675 g/mol. The lowest BCUT2D eigenvalue weighted by Crippen LogP contribution is -2.36. The fourth-order valence-electron chi connectivity index (χ4n) is 5.42. The zero-order valence-corrected chi connectivity index (χ0v) is 28.9. The second-order valence-corrected chi connectivity index (χ2v) is 14.0. The van der Waals surface area contributed by atoms with E-state index in [4.69, 9.17) is 26.2 Å². The van der Waals surface area contributed by atoms with Gasteiger partial charge >= 0.3 is 0 Å². The van der Waals surface area contributed by atoms with Gasteiger partial charge in [-0.2, -0.15) is 0 Å². The molecule has 2 saturated heterocycles. The van der Waals surface area contributed by atoms with E-state index in [1.807, 2.05) is 0 Å². The molecule has 2 fully saturated rings. The van der Waals surface area contributed by atoms with Gasteiger partial charge in [-0.3, -0.25) is 0 Å². The van der Waals surface area contributed by atoms with Crippen molar-refractivity contribution in [3.63, 3.8) is 0 Å². The van der Waals surface area contributed by atoms with E-state index >= 15 is 0 Å². The second-order valence-electron chi connectivity index (χ2n) is 11.8. The summed E-state index contributed by atoms with van der Waals surface area (Å²) in [5, 5.41) is 28.5. The van der Waals surface area contributed by atoms with E-state index in [0.717, 1.165) is 111 Å². The SMILES string of the molecule is ClCCCOCCc1ccc2sccc2c1.OC1CCN(CCCOCCc2ccc3sccc3c2)CC1.OC1CCNCC1. The van der Waals surface area contributed by atoms with Crippen LogP contribution in [0.2, 0.25) is 0 Å². The van der Waals surface area contributed by atoms with Gasteiger partial charge < -0.3 is 29.9 Å². The molecule has 2 aromatic heterocycles. The molecule has 248 valence electrons. The molecule has 4 heterocycles. The predicted octanol–water partition coefficient (Wildman–Crippen LogP) is 7.13. The summed E-state index contributed by atoms with van der Waals surface area (Å²) >= 11 is 9.15. The molecule has 9 heteroatoms. The average Bonchev–Trinajstić information content (AvgIpc) is 3.74. The van der Waals surface area contributed by atoms with Crippen molar-refractivity contribution in [1.29, 1.82) is 0 Å². The summed E-state index contributed by atoms with van der Waals surface area (Å²) in [7, 11) is 0. The van der Waals surface area contributed by atoms with Gasteiger partial charge in [-0.05, 0) is 121 Å². The van der Waals surface area contributed by atoms with Crippen LogP contribution in [0.3, 0.4) is 0 Å². The molecular formula is C36H51ClN2O4S2. The highest BCUT2D eigenvalue weighted by molar-refractivity contribution is 7.17. The Labute approximate surface area is 282 Å². The van der Waals surface area contributed by atoms with Gasteiger partial charge in [0, 0.05) is 48.1 Å². The number of piperidine rings is 2. The van der Waals surface area contributed by atoms with E-state index in [-0.39, 0.29) is 12.2 Å². The number of halogens is 1. The number of nitrogens with zero attached hydrogens (tertiary/aromatic N) is 1. The predicted molar refractivity (Wildman–Crippen MR) is 192 cm³/mol. The van der Waals surface area contributed by atoms with Crippen LogP contribution >= 0.6 is 34.3 Å². The van der Waals surface area contributed by atoms with Gasteiger partial charge in [-0.15, -0.1) is 34.3 Å². The Morgan fingerprint density at radius 3 is 1.76 bits per heavy atom. The number of aliphatic hydroxyl groups is 2. The van der Waals surface area contributed by atoms with Crippen LogP contribution < -0.4 is 5.32 Å². The minimum absolute atomic E-state index is 0.0266. The van der Waals surface area contributed by atoms with Gasteiger partial charge in [-0.1, -0.05) is 24.3 Å². The highest BCUT2D eigenvalue weighted by Gasteiger charge is 2.16. The maximum atomic E-state index is 9.48. The summed E-state index contributed by atoms with van der Waals surface area (Å²) in [5.74, 6) is 0.681. The minimum atomic E-state index is -0.0759. The molecule has 0 amide bonds. The van der Waals surface area contributed by atoms with Crippen molar-refractivity contribution in [3.8, 4) is 0 Å². The maximum absolute atomic E-state index is 9.48. The van der Waals surface area contributed by atoms with Crippen LogP contribution in [0.15, 0.2) is 59.3 Å². The van der Waals surface area contributed by atoms with Crippen molar-refractivity contribution in [2.24, 2.45) is 0 Å². The standard InChI is InChI=1S/C18H25NO2S.C13H15ClOS.C5H11NO/c20-17-4-9-19(10-5-17)8-1-11-21-12-6-15-2-3-18-16(14-15)7-13-22-18;14-6-1-7-15-8-4-11-2-3-13-12(10-11)5-9-16-13;7-5-1-3-6-4-2-5/h2-3,7,13-14,17,20H,1,4-6,8-12H2;2-3,5,9-10H,1,4,6-8H2;5-7H,1-4H2. The van der Waals surface area contributed by atoms with Crippen molar-refractivity contribution < 1.29 is 19.7 Å². The van der Waals surface area contributed by atoms with Crippen LogP contribution in [0.4, 0.5) is 0 Å². The van der Waals surface area contributed by atoms with Crippen molar-refractivity contribution in [2.75, 3.05) is 65.0 Å². The lowest BCUT2D eigenvalue weighted by molar-refractivity contribution is 0.0726. The van der Waals surface area contributed by atoms with E-state index in [1.54, 1.807) is 22.7 Å². The molecule has 2 aromatic carbocycles. The Hall–Kier alpha value is -1.59. The van der Waals surface area contributed by atoms with Crippen LogP contribution in [0, 0.1) is 0 Å². The zero-order valence-electron chi connectivity index (χ0n) is 26.5. The molecule has 2 aliphatic heterocycles. The number of alkyl halides is 1. The molecule has 4 aromatic rings. The van der Waals surface area contributed by atoms with Gasteiger partial charge in [-0.25, -0.2) is 0 Å². The van der Waals surface area contributed by atoms with Crippen LogP contribution in [0.5, 0.6) is 0 Å². The van der Waals surface area contributed by atoms with E-state index in [0.29, 0.717) is 5.88 Å². The van der Waals surface area contributed by atoms with Gasteiger partial charge in [0.15, 0.2) is 0 Å². The number of benzene rings is 2. The molecule has 0 aliphatic carbocycles. The lowest BCUT2D eigenvalue weighted by Gasteiger charge is -2.29. The van der Waals surface area contributed by atoms with E-state index < -0.39 is 0 Å². The smallest absolute Gasteiger partial charge is 0.0564 e. The number of ether oxygens (including phenoxy) is 2. The highest BCUT2D eigenvalue weighted by atomic mass is 35.5. The Morgan fingerprint density at radius 1 is 0.711 bits per heavy atom. The zero-order chi connectivity index (χ0) is 31.5. The molecule has 0 radical (unpaired) electrons. The minimum Gasteiger partial charge on any atom is -0.393 e. The normalized spacial score (nSPS) is 16.3. The first-order valence-corrected chi connectivity index (χ1v) is 18.8. The number of hydrogen-bond donors (Lipinski definition) is 3. The molecule has 3 N–H and O–H groups in total. The van der Waals surface area contributed by atoms with Crippen LogP contribution in [0.1, 0.15) is 49.7 Å². The first kappa shape index (κ1) is 36.2. The van der Waals surface area contributed by atoms with E-state index in [2.05, 4.69) is 69.5 Å². The van der Waals surface area contributed by atoms with Gasteiger partial charge in [0.05, 0.1) is 25.4 Å². The van der Waals surface area contributed by atoms with Gasteiger partial charge in [0.2, 0.25) is 0 Å². The van der Waals surface area contributed by atoms with Gasteiger partial charge in [0.1, 0.15) is 0 Å². The molecule has 6 nitrogen and oxygen atoms in total. The Kier molecular flexibility index (Phi) is 17.2. The number of likely N-dealkylation sites (tertiary alicyclic amines) is 1. The van der Waals surface area contributed by atoms with E-state index in [9.17, 15) is 5.11 Å². The first-order valence-electron chi connectivity index (χ1n) is 16.5. The highest BCUT2D eigenvalue weighted by Crippen LogP contribution is 2.23. The summed E-state index contributed by atoms with van der Waals surface area (Å²) in [6, 6.07) is 17.7. The number of aliphatic hydroxyl groups excluding tert-OH is 2. The Balaban J connectivity index is 0.000000174.